The van der Waals surface area contributed by atoms with Gasteiger partial charge in [-0.15, -0.1) is 12.4 Å². The second-order valence-corrected chi connectivity index (χ2v) is 3.43. The first-order valence-electron chi connectivity index (χ1n) is 3.71. The van der Waals surface area contributed by atoms with Crippen LogP contribution in [0.3, 0.4) is 0 Å². The number of hydrogen-bond acceptors (Lipinski definition) is 2. The molecule has 2 bridgehead atoms. The van der Waals surface area contributed by atoms with Crippen LogP contribution in [0, 0.1) is 5.92 Å². The zero-order valence-electron chi connectivity index (χ0n) is 5.97. The Balaban J connectivity index is 0.000000500. The minimum absolute atomic E-state index is 0. The minimum Gasteiger partial charge on any atom is -0.394 e. The summed E-state index contributed by atoms with van der Waals surface area (Å²) < 4.78 is 0. The summed E-state index contributed by atoms with van der Waals surface area (Å²) in [6.45, 7) is 1.48. The Morgan fingerprint density at radius 1 is 1.60 bits per heavy atom. The van der Waals surface area contributed by atoms with Gasteiger partial charge in [0.1, 0.15) is 0 Å². The average Bonchev–Trinajstić information content (AvgIpc) is 2.46. The Morgan fingerprint density at radius 2 is 2.40 bits per heavy atom. The van der Waals surface area contributed by atoms with Crippen LogP contribution in [-0.4, -0.2) is 23.8 Å². The van der Waals surface area contributed by atoms with E-state index in [0.29, 0.717) is 6.61 Å². The molecule has 2 atom stereocenters. The molecule has 10 heavy (non-hydrogen) atoms. The molecule has 1 heterocycles. The van der Waals surface area contributed by atoms with Crippen LogP contribution in [-0.2, 0) is 0 Å². The van der Waals surface area contributed by atoms with Gasteiger partial charge in [-0.1, -0.05) is 0 Å². The SMILES string of the molecule is Cl.OCC12CCC(CN1)C2. The number of hydrogen-bond donors (Lipinski definition) is 2. The van der Waals surface area contributed by atoms with Crippen molar-refractivity contribution in [2.45, 2.75) is 24.8 Å². The lowest BCUT2D eigenvalue weighted by Gasteiger charge is -2.24. The number of aliphatic hydroxyl groups is 1. The Bertz CT molecular complexity index is 121. The Morgan fingerprint density at radius 3 is 2.60 bits per heavy atom. The van der Waals surface area contributed by atoms with E-state index in [9.17, 15) is 0 Å². The zero-order valence-corrected chi connectivity index (χ0v) is 6.78. The highest BCUT2D eigenvalue weighted by atomic mass is 35.5. The second-order valence-electron chi connectivity index (χ2n) is 3.43. The molecule has 2 N–H and O–H groups in total. The first-order chi connectivity index (χ1) is 4.35. The molecular formula is C7H14ClNO. The number of piperidine rings is 1. The van der Waals surface area contributed by atoms with E-state index in [-0.39, 0.29) is 17.9 Å². The molecule has 1 saturated carbocycles. The summed E-state index contributed by atoms with van der Waals surface area (Å²) in [5.41, 5.74) is 0.157. The van der Waals surface area contributed by atoms with Gasteiger partial charge in [-0.25, -0.2) is 0 Å². The summed E-state index contributed by atoms with van der Waals surface area (Å²) >= 11 is 0. The molecule has 2 unspecified atom stereocenters. The normalized spacial score (nSPS) is 43.5. The molecular weight excluding hydrogens is 150 g/mol. The van der Waals surface area contributed by atoms with Gasteiger partial charge in [0.2, 0.25) is 0 Å². The fraction of sp³-hybridized carbons (Fsp3) is 1.00. The summed E-state index contributed by atoms with van der Waals surface area (Å²) in [4.78, 5) is 0. The van der Waals surface area contributed by atoms with E-state index in [4.69, 9.17) is 5.11 Å². The van der Waals surface area contributed by atoms with Gasteiger partial charge in [0.25, 0.3) is 0 Å². The molecule has 2 nitrogen and oxygen atoms in total. The number of nitrogens with one attached hydrogen (secondary N) is 1. The van der Waals surface area contributed by atoms with Crippen molar-refractivity contribution in [3.63, 3.8) is 0 Å². The van der Waals surface area contributed by atoms with E-state index >= 15 is 0 Å². The predicted octanol–water partition coefficient (Wildman–Crippen LogP) is 0.543. The van der Waals surface area contributed by atoms with E-state index in [1.54, 1.807) is 0 Å². The number of aliphatic hydroxyl groups excluding tert-OH is 1. The number of rotatable bonds is 1. The largest absolute Gasteiger partial charge is 0.394 e. The molecule has 2 rings (SSSR count). The van der Waals surface area contributed by atoms with E-state index in [0.717, 1.165) is 12.5 Å². The van der Waals surface area contributed by atoms with Gasteiger partial charge in [0, 0.05) is 5.54 Å². The Labute approximate surface area is 67.4 Å². The lowest BCUT2D eigenvalue weighted by Crippen LogP contribution is -2.43. The predicted molar refractivity (Wildman–Crippen MR) is 42.4 cm³/mol. The maximum atomic E-state index is 8.98. The third-order valence-corrected chi connectivity index (χ3v) is 2.78. The van der Waals surface area contributed by atoms with Gasteiger partial charge in [-0.3, -0.25) is 0 Å². The van der Waals surface area contributed by atoms with Crippen LogP contribution < -0.4 is 5.32 Å². The molecule has 0 aromatic heterocycles. The maximum Gasteiger partial charge on any atom is 0.0613 e. The van der Waals surface area contributed by atoms with Gasteiger partial charge < -0.3 is 10.4 Å². The molecule has 3 heteroatoms. The third-order valence-electron chi connectivity index (χ3n) is 2.78. The quantitative estimate of drug-likeness (QED) is 0.592. The van der Waals surface area contributed by atoms with Crippen LogP contribution in [0.5, 0.6) is 0 Å². The van der Waals surface area contributed by atoms with Gasteiger partial charge in [0.15, 0.2) is 0 Å². The summed E-state index contributed by atoms with van der Waals surface area (Å²) in [5.74, 6) is 0.872. The number of halogens is 1. The van der Waals surface area contributed by atoms with Crippen molar-refractivity contribution in [1.82, 2.24) is 5.32 Å². The van der Waals surface area contributed by atoms with Gasteiger partial charge in [0.05, 0.1) is 6.61 Å². The maximum absolute atomic E-state index is 8.98. The molecule has 2 fully saturated rings. The van der Waals surface area contributed by atoms with Crippen LogP contribution in [0.25, 0.3) is 0 Å². The summed E-state index contributed by atoms with van der Waals surface area (Å²) in [6, 6.07) is 0. The van der Waals surface area contributed by atoms with E-state index in [1.165, 1.54) is 19.3 Å². The standard InChI is InChI=1S/C7H13NO.ClH/c9-5-7-2-1-6(3-7)4-8-7;/h6,8-9H,1-5H2;1H. The first-order valence-corrected chi connectivity index (χ1v) is 3.71. The average molecular weight is 164 g/mol. The van der Waals surface area contributed by atoms with Crippen molar-refractivity contribution in [1.29, 1.82) is 0 Å². The number of fused-ring (bicyclic) bond motifs is 2. The van der Waals surface area contributed by atoms with Crippen LogP contribution in [0.1, 0.15) is 19.3 Å². The molecule has 0 aromatic rings. The lowest BCUT2D eigenvalue weighted by atomic mass is 10.0. The lowest BCUT2D eigenvalue weighted by molar-refractivity contribution is 0.178. The van der Waals surface area contributed by atoms with Crippen molar-refractivity contribution in [2.75, 3.05) is 13.2 Å². The summed E-state index contributed by atoms with van der Waals surface area (Å²) in [7, 11) is 0. The molecule has 2 aliphatic rings. The van der Waals surface area contributed by atoms with Crippen LogP contribution in [0.4, 0.5) is 0 Å². The fourth-order valence-electron chi connectivity index (χ4n) is 2.13. The van der Waals surface area contributed by atoms with E-state index in [2.05, 4.69) is 5.32 Å². The van der Waals surface area contributed by atoms with Crippen molar-refractivity contribution < 1.29 is 5.11 Å². The van der Waals surface area contributed by atoms with Crippen molar-refractivity contribution >= 4 is 12.4 Å². The van der Waals surface area contributed by atoms with E-state index < -0.39 is 0 Å². The monoisotopic (exact) mass is 163 g/mol. The highest BCUT2D eigenvalue weighted by molar-refractivity contribution is 5.85. The van der Waals surface area contributed by atoms with Gasteiger partial charge >= 0.3 is 0 Å². The molecule has 1 saturated heterocycles. The van der Waals surface area contributed by atoms with Crippen molar-refractivity contribution in [3.05, 3.63) is 0 Å². The van der Waals surface area contributed by atoms with Crippen molar-refractivity contribution in [3.8, 4) is 0 Å². The highest BCUT2D eigenvalue weighted by Gasteiger charge is 2.43. The smallest absolute Gasteiger partial charge is 0.0613 e. The molecule has 1 aliphatic heterocycles. The van der Waals surface area contributed by atoms with Gasteiger partial charge in [-0.2, -0.15) is 0 Å². The van der Waals surface area contributed by atoms with Crippen LogP contribution >= 0.6 is 12.4 Å². The fourth-order valence-corrected chi connectivity index (χ4v) is 2.13. The van der Waals surface area contributed by atoms with Crippen molar-refractivity contribution in [2.24, 2.45) is 5.92 Å². The summed E-state index contributed by atoms with van der Waals surface area (Å²) in [5, 5.41) is 12.3. The first kappa shape index (κ1) is 8.31. The minimum atomic E-state index is 0. The summed E-state index contributed by atoms with van der Waals surface area (Å²) in [6.07, 6.45) is 3.73. The second kappa shape index (κ2) is 2.68. The molecule has 0 aromatic carbocycles. The van der Waals surface area contributed by atoms with Gasteiger partial charge in [-0.05, 0) is 31.7 Å². The molecule has 60 valence electrons. The molecule has 1 aliphatic carbocycles. The molecule has 0 amide bonds. The highest BCUT2D eigenvalue weighted by Crippen LogP contribution is 2.39. The van der Waals surface area contributed by atoms with Crippen LogP contribution in [0.2, 0.25) is 0 Å². The zero-order chi connectivity index (χ0) is 6.32. The van der Waals surface area contributed by atoms with Crippen LogP contribution in [0.15, 0.2) is 0 Å². The Hall–Kier alpha value is 0.210. The molecule has 0 radical (unpaired) electrons. The topological polar surface area (TPSA) is 32.3 Å². The Kier molecular flexibility index (Phi) is 2.23. The van der Waals surface area contributed by atoms with E-state index in [1.807, 2.05) is 0 Å². The third kappa shape index (κ3) is 1.04. The molecule has 0 spiro atoms.